The number of primary amides is 1. The third-order valence-electron chi connectivity index (χ3n) is 9.60. The summed E-state index contributed by atoms with van der Waals surface area (Å²) in [6.07, 6.45) is -6.26. The summed E-state index contributed by atoms with van der Waals surface area (Å²) in [7, 11) is 0. The smallest absolute Gasteiger partial charge is 0.369 e. The van der Waals surface area contributed by atoms with E-state index in [1.807, 2.05) is 0 Å². The van der Waals surface area contributed by atoms with Crippen molar-refractivity contribution >= 4 is 29.3 Å². The minimum Gasteiger partial charge on any atom is -0.369 e. The number of rotatable bonds is 11. The van der Waals surface area contributed by atoms with E-state index in [4.69, 9.17) is 5.73 Å². The van der Waals surface area contributed by atoms with E-state index in [0.717, 1.165) is 32.6 Å². The maximum atomic E-state index is 15.6. The van der Waals surface area contributed by atoms with Gasteiger partial charge >= 0.3 is 12.4 Å². The van der Waals surface area contributed by atoms with Crippen molar-refractivity contribution in [3.05, 3.63) is 47.0 Å². The molecule has 17 heteroatoms. The number of amides is 4. The molecule has 10 nitrogen and oxygen atoms in total. The molecule has 1 aromatic carbocycles. The zero-order valence-electron chi connectivity index (χ0n) is 26.9. The minimum atomic E-state index is -5.23. The molecule has 268 valence electrons. The van der Waals surface area contributed by atoms with Crippen LogP contribution in [0.2, 0.25) is 0 Å². The lowest BCUT2D eigenvalue weighted by Crippen LogP contribution is -2.51. The first-order chi connectivity index (χ1) is 22.8. The van der Waals surface area contributed by atoms with Crippen LogP contribution in [0.1, 0.15) is 86.5 Å². The van der Waals surface area contributed by atoms with E-state index in [9.17, 15) is 45.5 Å². The average molecular weight is 703 g/mol. The van der Waals surface area contributed by atoms with Gasteiger partial charge in [0.2, 0.25) is 17.7 Å². The molecule has 49 heavy (non-hydrogen) atoms. The maximum absolute atomic E-state index is 15.6. The average Bonchev–Trinajstić information content (AvgIpc) is 3.92. The molecule has 2 aliphatic carbocycles. The number of hydrogen-bond acceptors (Lipinski definition) is 5. The Kier molecular flexibility index (Phi) is 9.78. The Morgan fingerprint density at radius 1 is 0.959 bits per heavy atom. The van der Waals surface area contributed by atoms with Gasteiger partial charge in [-0.15, -0.1) is 0 Å². The largest absolute Gasteiger partial charge is 0.416 e. The zero-order valence-corrected chi connectivity index (χ0v) is 26.9. The fourth-order valence-corrected chi connectivity index (χ4v) is 6.97. The summed E-state index contributed by atoms with van der Waals surface area (Å²) in [5.74, 6) is -9.64. The second-order valence-electron chi connectivity index (χ2n) is 13.4. The topological polar surface area (TPSA) is 139 Å². The van der Waals surface area contributed by atoms with Crippen molar-refractivity contribution in [3.63, 3.8) is 0 Å². The van der Waals surface area contributed by atoms with Gasteiger partial charge in [-0.3, -0.25) is 23.9 Å². The number of benzene rings is 1. The van der Waals surface area contributed by atoms with Gasteiger partial charge in [0.15, 0.2) is 0 Å². The lowest BCUT2D eigenvalue weighted by Gasteiger charge is -2.31. The predicted octanol–water partition coefficient (Wildman–Crippen LogP) is 5.16. The Morgan fingerprint density at radius 2 is 1.57 bits per heavy atom. The van der Waals surface area contributed by atoms with E-state index < -0.39 is 95.5 Å². The molecule has 0 radical (unpaired) electrons. The lowest BCUT2D eigenvalue weighted by molar-refractivity contribution is -0.192. The summed E-state index contributed by atoms with van der Waals surface area (Å²) >= 11 is 0. The highest BCUT2D eigenvalue weighted by Gasteiger charge is 2.56. The summed E-state index contributed by atoms with van der Waals surface area (Å²) in [6.45, 7) is 3.88. The van der Waals surface area contributed by atoms with E-state index >= 15 is 4.39 Å². The summed E-state index contributed by atoms with van der Waals surface area (Å²) in [4.78, 5) is 52.3. The van der Waals surface area contributed by atoms with Crippen molar-refractivity contribution in [3.8, 4) is 0 Å². The van der Waals surface area contributed by atoms with Gasteiger partial charge in [0, 0.05) is 18.8 Å². The number of hydrogen-bond donors (Lipinski definition) is 3. The van der Waals surface area contributed by atoms with Crippen molar-refractivity contribution in [2.45, 2.75) is 89.3 Å². The van der Waals surface area contributed by atoms with Gasteiger partial charge in [-0.05, 0) is 94.4 Å². The lowest BCUT2D eigenvalue weighted by atomic mass is 9.88. The van der Waals surface area contributed by atoms with Crippen molar-refractivity contribution in [2.24, 2.45) is 29.4 Å². The summed E-state index contributed by atoms with van der Waals surface area (Å²) < 4.78 is 102. The van der Waals surface area contributed by atoms with Crippen LogP contribution in [0.5, 0.6) is 0 Å². The Labute approximate surface area is 276 Å². The summed E-state index contributed by atoms with van der Waals surface area (Å²) in [6, 6.07) is -1.99. The number of aromatic nitrogens is 2. The third kappa shape index (κ3) is 7.54. The fraction of sp³-hybridized carbons (Fsp3) is 0.594. The summed E-state index contributed by atoms with van der Waals surface area (Å²) in [5, 5.41) is 9.04. The van der Waals surface area contributed by atoms with Crippen LogP contribution in [0.4, 0.5) is 36.4 Å². The number of nitrogens with two attached hydrogens (primary N) is 1. The van der Waals surface area contributed by atoms with Gasteiger partial charge in [-0.25, -0.2) is 4.39 Å². The maximum Gasteiger partial charge on any atom is 0.416 e. The molecule has 2 aromatic rings. The molecule has 0 spiro atoms. The van der Waals surface area contributed by atoms with Crippen LogP contribution in [0.3, 0.4) is 0 Å². The molecule has 2 saturated carbocycles. The number of halogens is 7. The predicted molar refractivity (Wildman–Crippen MR) is 160 cm³/mol. The first-order valence-electron chi connectivity index (χ1n) is 16.0. The van der Waals surface area contributed by atoms with Crippen molar-refractivity contribution in [1.82, 2.24) is 20.0 Å². The van der Waals surface area contributed by atoms with E-state index in [0.29, 0.717) is 12.1 Å². The monoisotopic (exact) mass is 702 g/mol. The second kappa shape index (κ2) is 13.3. The van der Waals surface area contributed by atoms with Gasteiger partial charge in [0.25, 0.3) is 5.91 Å². The number of carbonyl (C=O) groups is 4. The van der Waals surface area contributed by atoms with Crippen molar-refractivity contribution < 1.29 is 49.9 Å². The molecule has 2 heterocycles. The van der Waals surface area contributed by atoms with Crippen LogP contribution in [0, 0.1) is 29.5 Å². The number of likely N-dealkylation sites (tertiary alicyclic amines) is 1. The molecule has 4 atom stereocenters. The van der Waals surface area contributed by atoms with Crippen molar-refractivity contribution in [2.75, 3.05) is 11.9 Å². The van der Waals surface area contributed by atoms with Crippen molar-refractivity contribution in [1.29, 1.82) is 0 Å². The molecule has 4 amide bonds. The van der Waals surface area contributed by atoms with E-state index in [-0.39, 0.29) is 34.4 Å². The highest BCUT2D eigenvalue weighted by molar-refractivity contribution is 6.01. The van der Waals surface area contributed by atoms with Gasteiger partial charge in [-0.2, -0.15) is 31.4 Å². The molecule has 1 saturated heterocycles. The SMILES string of the molecule is CC(C(=O)N1CCC(C(N)=O)C1C(F)(F)F)c1cc(F)c(NC(=O)[C@@H](NC(=O)c2ccnn2C(C)C)C(C2CC2)C2CC2)cc1C(F)(F)F. The number of carbonyl (C=O) groups excluding carboxylic acids is 4. The van der Waals surface area contributed by atoms with Crippen LogP contribution in [0.25, 0.3) is 0 Å². The van der Waals surface area contributed by atoms with Crippen LogP contribution in [-0.2, 0) is 20.6 Å². The molecule has 1 aromatic heterocycles. The molecule has 5 rings (SSSR count). The summed E-state index contributed by atoms with van der Waals surface area (Å²) in [5.41, 5.74) is 1.85. The standard InChI is InChI=1S/C32H37F7N6O4/c1-14(2)45-23(8-10-41-45)28(47)43-25(24(16-4-5-16)17-6-7-17)29(48)42-22-13-20(31(34,35)36)19(12-21(22)33)15(3)30(49)44-11-9-18(27(40)46)26(44)32(37,38)39/h8,10,12-18,24-26H,4-7,9,11H2,1-3H3,(H2,40,46)(H,42,48)(H,43,47)/t15?,18?,25-,26?/m0/s1. The van der Waals surface area contributed by atoms with Gasteiger partial charge < -0.3 is 21.3 Å². The minimum absolute atomic E-state index is 0.0728. The molecular formula is C32H37F7N6O4. The number of alkyl halides is 6. The van der Waals surface area contributed by atoms with Gasteiger partial charge in [-0.1, -0.05) is 0 Å². The molecule has 3 unspecified atom stereocenters. The van der Waals surface area contributed by atoms with E-state index in [1.54, 1.807) is 13.8 Å². The Morgan fingerprint density at radius 3 is 2.08 bits per heavy atom. The normalized spacial score (nSPS) is 21.2. The zero-order chi connectivity index (χ0) is 36.2. The number of nitrogens with zero attached hydrogens (tertiary/aromatic N) is 3. The van der Waals surface area contributed by atoms with E-state index in [1.165, 1.54) is 16.9 Å². The second-order valence-corrected chi connectivity index (χ2v) is 13.4. The highest BCUT2D eigenvalue weighted by atomic mass is 19.4. The van der Waals surface area contributed by atoms with Gasteiger partial charge in [0.05, 0.1) is 23.1 Å². The molecule has 1 aliphatic heterocycles. The van der Waals surface area contributed by atoms with Crippen LogP contribution in [-0.4, -0.2) is 63.1 Å². The molecule has 4 N–H and O–H groups in total. The first kappa shape index (κ1) is 36.1. The number of anilines is 1. The molecular weight excluding hydrogens is 665 g/mol. The molecule has 3 aliphatic rings. The Hall–Kier alpha value is -4.18. The van der Waals surface area contributed by atoms with Crippen LogP contribution >= 0.6 is 0 Å². The highest BCUT2D eigenvalue weighted by Crippen LogP contribution is 2.51. The Balaban J connectivity index is 1.45. The molecule has 3 fully saturated rings. The first-order valence-corrected chi connectivity index (χ1v) is 16.0. The quantitative estimate of drug-likeness (QED) is 0.278. The molecule has 0 bridgehead atoms. The Bertz CT molecular complexity index is 1600. The van der Waals surface area contributed by atoms with Crippen LogP contribution in [0.15, 0.2) is 24.4 Å². The third-order valence-corrected chi connectivity index (χ3v) is 9.60. The van der Waals surface area contributed by atoms with Crippen LogP contribution < -0.4 is 16.4 Å². The van der Waals surface area contributed by atoms with Gasteiger partial charge in [0.1, 0.15) is 23.6 Å². The number of nitrogens with one attached hydrogen (secondary N) is 2. The fourth-order valence-electron chi connectivity index (χ4n) is 6.97. The van der Waals surface area contributed by atoms with E-state index in [2.05, 4.69) is 15.7 Å².